The van der Waals surface area contributed by atoms with Crippen LogP contribution in [0.5, 0.6) is 0 Å². The molecule has 0 radical (unpaired) electrons. The van der Waals surface area contributed by atoms with Gasteiger partial charge in [-0.05, 0) is 11.5 Å². The van der Waals surface area contributed by atoms with E-state index in [1.165, 1.54) is 10.5 Å². The molecule has 1 fully saturated rings. The lowest BCUT2D eigenvalue weighted by atomic mass is 10.0. The number of carbonyl (C=O) groups is 2. The lowest BCUT2D eigenvalue weighted by Gasteiger charge is -2.36. The summed E-state index contributed by atoms with van der Waals surface area (Å²) in [5, 5.41) is 11.6. The smallest absolute Gasteiger partial charge is 0.317 e. The van der Waals surface area contributed by atoms with Crippen LogP contribution in [-0.2, 0) is 4.79 Å². The Morgan fingerprint density at radius 3 is 2.58 bits per heavy atom. The molecule has 0 aliphatic carbocycles. The van der Waals surface area contributed by atoms with E-state index in [9.17, 15) is 9.59 Å². The van der Waals surface area contributed by atoms with E-state index in [-0.39, 0.29) is 11.9 Å². The number of carbonyl (C=O) groups excluding carboxylic acids is 1. The van der Waals surface area contributed by atoms with Crippen molar-refractivity contribution in [2.45, 2.75) is 12.8 Å². The number of nitrogens with zero attached hydrogens (tertiary/aromatic N) is 1. The van der Waals surface area contributed by atoms with Crippen molar-refractivity contribution in [2.75, 3.05) is 19.6 Å². The monoisotopic (exact) mass is 262 g/mol. The van der Waals surface area contributed by atoms with Gasteiger partial charge in [0.25, 0.3) is 0 Å². The average molecular weight is 262 g/mol. The molecular formula is C14H18N2O3. The first kappa shape index (κ1) is 13.4. The highest BCUT2D eigenvalue weighted by molar-refractivity contribution is 5.79. The second-order valence-corrected chi connectivity index (χ2v) is 4.94. The minimum absolute atomic E-state index is 0.180. The molecule has 1 atom stereocenters. The number of rotatable bonds is 4. The van der Waals surface area contributed by atoms with Crippen LogP contribution in [0.1, 0.15) is 18.4 Å². The molecule has 19 heavy (non-hydrogen) atoms. The Morgan fingerprint density at radius 2 is 2.00 bits per heavy atom. The third-order valence-electron chi connectivity index (χ3n) is 3.45. The molecule has 1 aliphatic heterocycles. The van der Waals surface area contributed by atoms with Gasteiger partial charge < -0.3 is 15.3 Å². The third-order valence-corrected chi connectivity index (χ3v) is 3.45. The fourth-order valence-electron chi connectivity index (χ4n) is 2.05. The lowest BCUT2D eigenvalue weighted by molar-refractivity contribution is -0.146. The number of benzene rings is 1. The number of amides is 2. The maximum atomic E-state index is 11.8. The first-order valence-electron chi connectivity index (χ1n) is 6.38. The van der Waals surface area contributed by atoms with Crippen LogP contribution in [0.2, 0.25) is 0 Å². The summed E-state index contributed by atoms with van der Waals surface area (Å²) in [6, 6.07) is 9.78. The largest absolute Gasteiger partial charge is 0.481 e. The van der Waals surface area contributed by atoms with E-state index < -0.39 is 11.9 Å². The van der Waals surface area contributed by atoms with Crippen LogP contribution in [0.15, 0.2) is 30.3 Å². The Hall–Kier alpha value is -2.04. The standard InChI is InChI=1S/C14H18N2O3/c1-10(11-5-3-2-4-6-11)7-15-14(19)16-8-12(9-16)13(17)18/h2-6,10,12H,7-9H2,1H3,(H,15,19)(H,17,18). The van der Waals surface area contributed by atoms with Gasteiger partial charge in [0.2, 0.25) is 0 Å². The highest BCUT2D eigenvalue weighted by Gasteiger charge is 2.35. The zero-order valence-corrected chi connectivity index (χ0v) is 10.9. The molecule has 0 bridgehead atoms. The number of urea groups is 1. The SMILES string of the molecule is CC(CNC(=O)N1CC(C(=O)O)C1)c1ccccc1. The zero-order valence-electron chi connectivity index (χ0n) is 10.9. The van der Waals surface area contributed by atoms with Crippen molar-refractivity contribution in [3.05, 3.63) is 35.9 Å². The average Bonchev–Trinajstić information content (AvgIpc) is 2.34. The summed E-state index contributed by atoms with van der Waals surface area (Å²) in [4.78, 5) is 23.9. The summed E-state index contributed by atoms with van der Waals surface area (Å²) in [5.41, 5.74) is 1.18. The molecule has 2 rings (SSSR count). The molecule has 1 saturated heterocycles. The molecular weight excluding hydrogens is 244 g/mol. The Labute approximate surface area is 112 Å². The van der Waals surface area contributed by atoms with E-state index in [0.717, 1.165) is 0 Å². The number of carboxylic acids is 1. The van der Waals surface area contributed by atoms with Gasteiger partial charge in [-0.2, -0.15) is 0 Å². The summed E-state index contributed by atoms with van der Waals surface area (Å²) in [7, 11) is 0. The number of nitrogens with one attached hydrogen (secondary N) is 1. The molecule has 1 heterocycles. The lowest BCUT2D eigenvalue weighted by Crippen LogP contribution is -2.56. The molecule has 0 saturated carbocycles. The number of likely N-dealkylation sites (tertiary alicyclic amines) is 1. The van der Waals surface area contributed by atoms with E-state index in [0.29, 0.717) is 19.6 Å². The van der Waals surface area contributed by atoms with Crippen molar-refractivity contribution in [1.82, 2.24) is 10.2 Å². The first-order valence-corrected chi connectivity index (χ1v) is 6.38. The summed E-state index contributed by atoms with van der Waals surface area (Å²) >= 11 is 0. The van der Waals surface area contributed by atoms with Crippen LogP contribution >= 0.6 is 0 Å². The van der Waals surface area contributed by atoms with Crippen molar-refractivity contribution in [2.24, 2.45) is 5.92 Å². The van der Waals surface area contributed by atoms with Gasteiger partial charge in [0.05, 0.1) is 5.92 Å². The molecule has 1 aromatic rings. The summed E-state index contributed by atoms with van der Waals surface area (Å²) in [5.74, 6) is -0.999. The predicted octanol–water partition coefficient (Wildman–Crippen LogP) is 1.52. The van der Waals surface area contributed by atoms with Gasteiger partial charge in [-0.3, -0.25) is 4.79 Å². The maximum absolute atomic E-state index is 11.8. The molecule has 0 spiro atoms. The van der Waals surface area contributed by atoms with Gasteiger partial charge in [0, 0.05) is 19.6 Å². The number of aliphatic carboxylic acids is 1. The normalized spacial score (nSPS) is 16.6. The van der Waals surface area contributed by atoms with Crippen LogP contribution in [0.3, 0.4) is 0 Å². The van der Waals surface area contributed by atoms with Gasteiger partial charge in [-0.1, -0.05) is 37.3 Å². The number of hydrogen-bond donors (Lipinski definition) is 2. The molecule has 1 aliphatic rings. The molecule has 5 nitrogen and oxygen atoms in total. The number of hydrogen-bond acceptors (Lipinski definition) is 2. The van der Waals surface area contributed by atoms with Crippen LogP contribution in [-0.4, -0.2) is 41.6 Å². The molecule has 0 aromatic heterocycles. The topological polar surface area (TPSA) is 69.6 Å². The summed E-state index contributed by atoms with van der Waals surface area (Å²) in [6.07, 6.45) is 0. The second-order valence-electron chi connectivity index (χ2n) is 4.94. The second kappa shape index (κ2) is 5.73. The van der Waals surface area contributed by atoms with E-state index in [1.807, 2.05) is 37.3 Å². The van der Waals surface area contributed by atoms with Crippen molar-refractivity contribution in [1.29, 1.82) is 0 Å². The fraction of sp³-hybridized carbons (Fsp3) is 0.429. The molecule has 2 N–H and O–H groups in total. The minimum atomic E-state index is -0.832. The Morgan fingerprint density at radius 1 is 1.37 bits per heavy atom. The van der Waals surface area contributed by atoms with Gasteiger partial charge in [0.15, 0.2) is 0 Å². The van der Waals surface area contributed by atoms with E-state index >= 15 is 0 Å². The minimum Gasteiger partial charge on any atom is -0.481 e. The van der Waals surface area contributed by atoms with Crippen LogP contribution in [0, 0.1) is 5.92 Å². The quantitative estimate of drug-likeness (QED) is 0.864. The summed E-state index contributed by atoms with van der Waals surface area (Å²) in [6.45, 7) is 3.21. The fourth-order valence-corrected chi connectivity index (χ4v) is 2.05. The van der Waals surface area contributed by atoms with E-state index in [4.69, 9.17) is 5.11 Å². The van der Waals surface area contributed by atoms with Crippen molar-refractivity contribution < 1.29 is 14.7 Å². The van der Waals surface area contributed by atoms with Crippen molar-refractivity contribution >= 4 is 12.0 Å². The highest BCUT2D eigenvalue weighted by atomic mass is 16.4. The van der Waals surface area contributed by atoms with E-state index in [2.05, 4.69) is 5.32 Å². The van der Waals surface area contributed by atoms with Gasteiger partial charge in [-0.15, -0.1) is 0 Å². The van der Waals surface area contributed by atoms with Crippen LogP contribution in [0.25, 0.3) is 0 Å². The predicted molar refractivity (Wildman–Crippen MR) is 71.0 cm³/mol. The van der Waals surface area contributed by atoms with Crippen LogP contribution < -0.4 is 5.32 Å². The Kier molecular flexibility index (Phi) is 4.04. The van der Waals surface area contributed by atoms with Crippen LogP contribution in [0.4, 0.5) is 4.79 Å². The van der Waals surface area contributed by atoms with E-state index in [1.54, 1.807) is 0 Å². The molecule has 5 heteroatoms. The van der Waals surface area contributed by atoms with Gasteiger partial charge >= 0.3 is 12.0 Å². The van der Waals surface area contributed by atoms with Gasteiger partial charge in [-0.25, -0.2) is 4.79 Å². The molecule has 1 unspecified atom stereocenters. The highest BCUT2D eigenvalue weighted by Crippen LogP contribution is 2.16. The van der Waals surface area contributed by atoms with Gasteiger partial charge in [0.1, 0.15) is 0 Å². The van der Waals surface area contributed by atoms with Crippen molar-refractivity contribution in [3.8, 4) is 0 Å². The third kappa shape index (κ3) is 3.24. The Bertz CT molecular complexity index is 455. The van der Waals surface area contributed by atoms with Crippen molar-refractivity contribution in [3.63, 3.8) is 0 Å². The molecule has 102 valence electrons. The zero-order chi connectivity index (χ0) is 13.8. The molecule has 2 amide bonds. The Balaban J connectivity index is 1.74. The maximum Gasteiger partial charge on any atom is 0.317 e. The summed E-state index contributed by atoms with van der Waals surface area (Å²) < 4.78 is 0. The number of carboxylic acid groups (broad SMARTS) is 1. The first-order chi connectivity index (χ1) is 9.08. The molecule has 1 aromatic carbocycles.